The second-order valence-electron chi connectivity index (χ2n) is 5.66. The third kappa shape index (κ3) is 3.04. The molecule has 0 spiro atoms. The van der Waals surface area contributed by atoms with Gasteiger partial charge >= 0.3 is 0 Å². The molecule has 1 aliphatic rings. The normalized spacial score (nSPS) is 24.0. The van der Waals surface area contributed by atoms with Gasteiger partial charge in [-0.2, -0.15) is 0 Å². The lowest BCUT2D eigenvalue weighted by Crippen LogP contribution is -2.26. The molecule has 0 amide bonds. The Kier molecular flexibility index (Phi) is 4.13. The first kappa shape index (κ1) is 14.4. The Morgan fingerprint density at radius 2 is 1.76 bits per heavy atom. The van der Waals surface area contributed by atoms with Gasteiger partial charge in [0.2, 0.25) is 0 Å². The third-order valence-corrected chi connectivity index (χ3v) is 5.08. The van der Waals surface area contributed by atoms with Crippen molar-refractivity contribution in [2.75, 3.05) is 13.6 Å². The van der Waals surface area contributed by atoms with Gasteiger partial charge < -0.3 is 4.79 Å². The summed E-state index contributed by atoms with van der Waals surface area (Å²) in [5.74, 6) is 0.152. The third-order valence-electron chi connectivity index (χ3n) is 4.16. The van der Waals surface area contributed by atoms with Crippen molar-refractivity contribution in [3.05, 3.63) is 66.2 Å². The number of aldehydes is 1. The zero-order valence-electron chi connectivity index (χ0n) is 12.1. The molecule has 1 aliphatic carbocycles. The molecule has 2 aromatic carbocycles. The van der Waals surface area contributed by atoms with Crippen molar-refractivity contribution in [3.8, 4) is 0 Å². The summed E-state index contributed by atoms with van der Waals surface area (Å²) >= 11 is 1.74. The summed E-state index contributed by atoms with van der Waals surface area (Å²) in [5, 5.41) is 0. The smallest absolute Gasteiger partial charge is 0.124 e. The summed E-state index contributed by atoms with van der Waals surface area (Å²) < 4.78 is 2.24. The molecule has 2 nitrogen and oxygen atoms in total. The van der Waals surface area contributed by atoms with Crippen molar-refractivity contribution in [3.63, 3.8) is 0 Å². The van der Waals surface area contributed by atoms with E-state index in [0.717, 1.165) is 19.3 Å². The average molecular weight is 297 g/mol. The number of rotatable bonds is 6. The molecule has 0 heterocycles. The molecule has 0 saturated heterocycles. The van der Waals surface area contributed by atoms with E-state index < -0.39 is 0 Å². The molecule has 21 heavy (non-hydrogen) atoms. The van der Waals surface area contributed by atoms with Crippen LogP contribution < -0.4 is 0 Å². The van der Waals surface area contributed by atoms with Crippen LogP contribution in [0.5, 0.6) is 0 Å². The van der Waals surface area contributed by atoms with Crippen LogP contribution in [-0.4, -0.2) is 24.2 Å². The zero-order valence-corrected chi connectivity index (χ0v) is 12.9. The van der Waals surface area contributed by atoms with Crippen LogP contribution in [0.1, 0.15) is 12.0 Å². The van der Waals surface area contributed by atoms with Crippen LogP contribution in [0.2, 0.25) is 0 Å². The molecule has 3 heteroatoms. The van der Waals surface area contributed by atoms with E-state index >= 15 is 0 Å². The van der Waals surface area contributed by atoms with Gasteiger partial charge in [0.05, 0.1) is 0 Å². The quantitative estimate of drug-likeness (QED) is 0.598. The highest BCUT2D eigenvalue weighted by atomic mass is 32.2. The summed E-state index contributed by atoms with van der Waals surface area (Å²) in [5.41, 5.74) is 1.28. The van der Waals surface area contributed by atoms with Crippen molar-refractivity contribution in [1.29, 1.82) is 0 Å². The van der Waals surface area contributed by atoms with Crippen molar-refractivity contribution < 1.29 is 4.79 Å². The highest BCUT2D eigenvalue weighted by molar-refractivity contribution is 7.97. The molecule has 2 aromatic rings. The molecular weight excluding hydrogens is 278 g/mol. The van der Waals surface area contributed by atoms with E-state index in [-0.39, 0.29) is 11.3 Å². The van der Waals surface area contributed by atoms with Gasteiger partial charge in [-0.15, -0.1) is 0 Å². The lowest BCUT2D eigenvalue weighted by atomic mass is 9.93. The Balaban J connectivity index is 1.73. The van der Waals surface area contributed by atoms with Crippen molar-refractivity contribution in [1.82, 2.24) is 4.31 Å². The summed E-state index contributed by atoms with van der Waals surface area (Å²) in [6, 6.07) is 20.8. The molecule has 3 rings (SSSR count). The van der Waals surface area contributed by atoms with Gasteiger partial charge in [0.15, 0.2) is 0 Å². The largest absolute Gasteiger partial charge is 0.303 e. The molecule has 0 aromatic heterocycles. The van der Waals surface area contributed by atoms with E-state index in [9.17, 15) is 4.79 Å². The summed E-state index contributed by atoms with van der Waals surface area (Å²) in [7, 11) is 2.10. The maximum atomic E-state index is 11.3. The van der Waals surface area contributed by atoms with Crippen LogP contribution in [0.25, 0.3) is 0 Å². The van der Waals surface area contributed by atoms with Crippen molar-refractivity contribution in [2.45, 2.75) is 16.7 Å². The highest BCUT2D eigenvalue weighted by Crippen LogP contribution is 2.54. The summed E-state index contributed by atoms with van der Waals surface area (Å²) in [6.07, 6.45) is 2.08. The fourth-order valence-corrected chi connectivity index (χ4v) is 3.91. The maximum absolute atomic E-state index is 11.3. The van der Waals surface area contributed by atoms with E-state index in [0.29, 0.717) is 0 Å². The molecule has 2 atom stereocenters. The summed E-state index contributed by atoms with van der Waals surface area (Å²) in [4.78, 5) is 12.5. The first-order valence-electron chi connectivity index (χ1n) is 7.19. The van der Waals surface area contributed by atoms with Crippen LogP contribution in [0, 0.1) is 5.92 Å². The molecular formula is C18H19NOS. The SMILES string of the molecule is CN(C[C@]1(c2ccccc2)C[C@@H]1C=O)Sc1ccccc1. The molecule has 0 unspecified atom stereocenters. The monoisotopic (exact) mass is 297 g/mol. The predicted octanol–water partition coefficient (Wildman–Crippen LogP) is 3.78. The van der Waals surface area contributed by atoms with Crippen LogP contribution in [0.3, 0.4) is 0 Å². The molecule has 0 radical (unpaired) electrons. The second-order valence-corrected chi connectivity index (χ2v) is 6.94. The van der Waals surface area contributed by atoms with E-state index in [1.165, 1.54) is 10.5 Å². The van der Waals surface area contributed by atoms with E-state index in [1.807, 2.05) is 12.1 Å². The number of benzene rings is 2. The predicted molar refractivity (Wildman–Crippen MR) is 87.2 cm³/mol. The highest BCUT2D eigenvalue weighted by Gasteiger charge is 2.55. The summed E-state index contributed by atoms with van der Waals surface area (Å²) in [6.45, 7) is 0.889. The van der Waals surface area contributed by atoms with E-state index in [1.54, 1.807) is 11.9 Å². The molecule has 1 fully saturated rings. The second kappa shape index (κ2) is 6.04. The number of nitrogens with zero attached hydrogens (tertiary/aromatic N) is 1. The van der Waals surface area contributed by atoms with E-state index in [2.05, 4.69) is 59.9 Å². The van der Waals surface area contributed by atoms with Crippen LogP contribution in [0.4, 0.5) is 0 Å². The number of carbonyl (C=O) groups excluding carboxylic acids is 1. The Morgan fingerprint density at radius 1 is 1.14 bits per heavy atom. The van der Waals surface area contributed by atoms with Gasteiger partial charge in [-0.25, -0.2) is 4.31 Å². The van der Waals surface area contributed by atoms with Gasteiger partial charge in [0.25, 0.3) is 0 Å². The van der Waals surface area contributed by atoms with Gasteiger partial charge in [0.1, 0.15) is 6.29 Å². The van der Waals surface area contributed by atoms with Gasteiger partial charge in [-0.05, 0) is 43.1 Å². The minimum Gasteiger partial charge on any atom is -0.303 e. The van der Waals surface area contributed by atoms with Crippen LogP contribution in [-0.2, 0) is 10.2 Å². The number of hydrogen-bond acceptors (Lipinski definition) is 3. The molecule has 0 N–H and O–H groups in total. The lowest BCUT2D eigenvalue weighted by molar-refractivity contribution is -0.109. The van der Waals surface area contributed by atoms with Crippen molar-refractivity contribution in [2.24, 2.45) is 5.92 Å². The topological polar surface area (TPSA) is 20.3 Å². The first-order chi connectivity index (χ1) is 10.2. The maximum Gasteiger partial charge on any atom is 0.124 e. The number of hydrogen-bond donors (Lipinski definition) is 0. The average Bonchev–Trinajstić information content (AvgIpc) is 3.23. The van der Waals surface area contributed by atoms with Crippen LogP contribution >= 0.6 is 11.9 Å². The molecule has 108 valence electrons. The fourth-order valence-electron chi connectivity index (χ4n) is 2.98. The minimum atomic E-state index is -0.000456. The Labute approximate surface area is 130 Å². The van der Waals surface area contributed by atoms with E-state index in [4.69, 9.17) is 0 Å². The zero-order chi connectivity index (χ0) is 14.7. The number of likely N-dealkylation sites (N-methyl/N-ethyl adjacent to an activating group) is 1. The Hall–Kier alpha value is -1.58. The van der Waals surface area contributed by atoms with Gasteiger partial charge in [-0.1, -0.05) is 48.5 Å². The lowest BCUT2D eigenvalue weighted by Gasteiger charge is -2.24. The number of carbonyl (C=O) groups is 1. The molecule has 1 saturated carbocycles. The first-order valence-corrected chi connectivity index (χ1v) is 7.97. The van der Waals surface area contributed by atoms with Crippen LogP contribution in [0.15, 0.2) is 65.6 Å². The van der Waals surface area contributed by atoms with Gasteiger partial charge in [0, 0.05) is 22.8 Å². The van der Waals surface area contributed by atoms with Gasteiger partial charge in [-0.3, -0.25) is 0 Å². The Bertz CT molecular complexity index is 601. The minimum absolute atomic E-state index is 0.000456. The molecule has 0 aliphatic heterocycles. The fraction of sp³-hybridized carbons (Fsp3) is 0.278. The van der Waals surface area contributed by atoms with Crippen molar-refractivity contribution >= 4 is 18.2 Å². The Morgan fingerprint density at radius 3 is 2.33 bits per heavy atom. The standard InChI is InChI=1S/C18H19NOS/c1-19(21-17-10-6-3-7-11-17)14-18(12-16(18)13-20)15-8-4-2-5-9-15/h2-11,13,16H,12,14H2,1H3/t16-,18+/m1/s1. The molecule has 0 bridgehead atoms.